The van der Waals surface area contributed by atoms with Gasteiger partial charge in [-0.15, -0.1) is 0 Å². The van der Waals surface area contributed by atoms with Crippen LogP contribution in [-0.2, 0) is 0 Å². The van der Waals surface area contributed by atoms with Gasteiger partial charge in [0.2, 0.25) is 0 Å². The van der Waals surface area contributed by atoms with Crippen molar-refractivity contribution in [2.45, 2.75) is 26.2 Å². The quantitative estimate of drug-likeness (QED) is 0.840. The highest BCUT2D eigenvalue weighted by Crippen LogP contribution is 2.27. The van der Waals surface area contributed by atoms with E-state index in [1.54, 1.807) is 0 Å². The molecule has 0 saturated heterocycles. The average molecular weight is 271 g/mol. The van der Waals surface area contributed by atoms with E-state index in [4.69, 9.17) is 5.73 Å². The highest BCUT2D eigenvalue weighted by molar-refractivity contribution is 5.98. The summed E-state index contributed by atoms with van der Waals surface area (Å²) in [5, 5.41) is 0.994. The Morgan fingerprint density at radius 3 is 2.85 bits per heavy atom. The van der Waals surface area contributed by atoms with Crippen molar-refractivity contribution in [3.05, 3.63) is 30.0 Å². The summed E-state index contributed by atoms with van der Waals surface area (Å²) in [6.07, 6.45) is 3.82. The van der Waals surface area contributed by atoms with Gasteiger partial charge in [0.15, 0.2) is 0 Å². The second-order valence-corrected chi connectivity index (χ2v) is 5.67. The van der Waals surface area contributed by atoms with Crippen LogP contribution < -0.4 is 5.73 Å². The molecule has 4 nitrogen and oxygen atoms in total. The Balaban J connectivity index is 1.82. The number of hydrogen-bond acceptors (Lipinski definition) is 2. The number of hydrogen-bond donors (Lipinski definition) is 2. The number of nitrogens with one attached hydrogen (secondary N) is 1. The SMILES string of the molecule is CCN(CC1CCC1)C(=O)c1cc2cc(N)ccc2[nH]1. The first kappa shape index (κ1) is 13.0. The summed E-state index contributed by atoms with van der Waals surface area (Å²) < 4.78 is 0. The van der Waals surface area contributed by atoms with Crippen molar-refractivity contribution in [2.75, 3.05) is 18.8 Å². The van der Waals surface area contributed by atoms with Crippen molar-refractivity contribution in [3.63, 3.8) is 0 Å². The molecule has 106 valence electrons. The molecule has 1 aromatic heterocycles. The second-order valence-electron chi connectivity index (χ2n) is 5.67. The van der Waals surface area contributed by atoms with Crippen LogP contribution in [0, 0.1) is 5.92 Å². The standard InChI is InChI=1S/C16H21N3O/c1-2-19(10-11-4-3-5-11)16(20)15-9-12-8-13(17)6-7-14(12)18-15/h6-9,11,18H,2-5,10,17H2,1H3. The maximum atomic E-state index is 12.6. The largest absolute Gasteiger partial charge is 0.399 e. The lowest BCUT2D eigenvalue weighted by molar-refractivity contribution is 0.0701. The molecule has 3 rings (SSSR count). The van der Waals surface area contributed by atoms with Crippen LogP contribution in [0.25, 0.3) is 10.9 Å². The first-order valence-electron chi connectivity index (χ1n) is 7.35. The topological polar surface area (TPSA) is 62.1 Å². The van der Waals surface area contributed by atoms with Crippen molar-refractivity contribution in [3.8, 4) is 0 Å². The van der Waals surface area contributed by atoms with E-state index in [1.165, 1.54) is 19.3 Å². The van der Waals surface area contributed by atoms with Gasteiger partial charge in [-0.2, -0.15) is 0 Å². The molecule has 1 heterocycles. The van der Waals surface area contributed by atoms with Crippen LogP contribution in [0.5, 0.6) is 0 Å². The second kappa shape index (κ2) is 5.19. The Bertz CT molecular complexity index is 628. The van der Waals surface area contributed by atoms with Crippen LogP contribution in [0.4, 0.5) is 5.69 Å². The first-order valence-corrected chi connectivity index (χ1v) is 7.35. The number of anilines is 1. The van der Waals surface area contributed by atoms with E-state index in [0.29, 0.717) is 11.6 Å². The smallest absolute Gasteiger partial charge is 0.270 e. The van der Waals surface area contributed by atoms with E-state index in [0.717, 1.165) is 29.7 Å². The number of rotatable bonds is 4. The predicted octanol–water partition coefficient (Wildman–Crippen LogP) is 3.01. The molecule has 0 bridgehead atoms. The summed E-state index contributed by atoms with van der Waals surface area (Å²) in [6, 6.07) is 7.56. The molecule has 1 aliphatic carbocycles. The fourth-order valence-corrected chi connectivity index (χ4v) is 2.78. The summed E-state index contributed by atoms with van der Waals surface area (Å²) >= 11 is 0. The zero-order valence-electron chi connectivity index (χ0n) is 11.9. The van der Waals surface area contributed by atoms with E-state index in [-0.39, 0.29) is 5.91 Å². The molecule has 1 aliphatic rings. The zero-order chi connectivity index (χ0) is 14.1. The number of fused-ring (bicyclic) bond motifs is 1. The Hall–Kier alpha value is -1.97. The maximum absolute atomic E-state index is 12.6. The minimum atomic E-state index is 0.0918. The van der Waals surface area contributed by atoms with E-state index in [2.05, 4.69) is 4.98 Å². The van der Waals surface area contributed by atoms with Crippen LogP contribution in [0.1, 0.15) is 36.7 Å². The van der Waals surface area contributed by atoms with Gasteiger partial charge in [0.1, 0.15) is 5.69 Å². The van der Waals surface area contributed by atoms with E-state index in [9.17, 15) is 4.79 Å². The molecule has 0 aliphatic heterocycles. The molecule has 1 aromatic carbocycles. The summed E-state index contributed by atoms with van der Waals surface area (Å²) in [6.45, 7) is 3.68. The minimum absolute atomic E-state index is 0.0918. The number of carbonyl (C=O) groups excluding carboxylic acids is 1. The number of aromatic amines is 1. The number of H-pyrrole nitrogens is 1. The molecule has 0 spiro atoms. The molecular weight excluding hydrogens is 250 g/mol. The van der Waals surface area contributed by atoms with E-state index >= 15 is 0 Å². The van der Waals surface area contributed by atoms with E-state index in [1.807, 2.05) is 36.1 Å². The Labute approximate surface area is 118 Å². The van der Waals surface area contributed by atoms with Crippen molar-refractivity contribution in [1.29, 1.82) is 0 Å². The fourth-order valence-electron chi connectivity index (χ4n) is 2.78. The third kappa shape index (κ3) is 2.38. The molecule has 4 heteroatoms. The van der Waals surface area contributed by atoms with Crippen molar-refractivity contribution < 1.29 is 4.79 Å². The summed E-state index contributed by atoms with van der Waals surface area (Å²) in [7, 11) is 0. The van der Waals surface area contributed by atoms with Crippen LogP contribution in [0.2, 0.25) is 0 Å². The number of nitrogens with zero attached hydrogens (tertiary/aromatic N) is 1. The Morgan fingerprint density at radius 1 is 1.40 bits per heavy atom. The normalized spacial score (nSPS) is 15.2. The minimum Gasteiger partial charge on any atom is -0.399 e. The van der Waals surface area contributed by atoms with Gasteiger partial charge < -0.3 is 15.6 Å². The molecule has 0 unspecified atom stereocenters. The van der Waals surface area contributed by atoms with Gasteiger partial charge >= 0.3 is 0 Å². The number of aromatic nitrogens is 1. The molecule has 1 fully saturated rings. The van der Waals surface area contributed by atoms with Crippen LogP contribution in [0.3, 0.4) is 0 Å². The maximum Gasteiger partial charge on any atom is 0.270 e. The Kier molecular flexibility index (Phi) is 3.38. The van der Waals surface area contributed by atoms with Crippen molar-refractivity contribution in [2.24, 2.45) is 5.92 Å². The van der Waals surface area contributed by atoms with Gasteiger partial charge in [-0.1, -0.05) is 6.42 Å². The molecule has 1 saturated carbocycles. The van der Waals surface area contributed by atoms with Crippen LogP contribution in [-0.4, -0.2) is 28.9 Å². The fraction of sp³-hybridized carbons (Fsp3) is 0.438. The zero-order valence-corrected chi connectivity index (χ0v) is 11.9. The van der Waals surface area contributed by atoms with Gasteiger partial charge in [0.25, 0.3) is 5.91 Å². The summed E-state index contributed by atoms with van der Waals surface area (Å²) in [5.74, 6) is 0.785. The average Bonchev–Trinajstić information content (AvgIpc) is 2.80. The van der Waals surface area contributed by atoms with Gasteiger partial charge in [-0.25, -0.2) is 0 Å². The van der Waals surface area contributed by atoms with Gasteiger partial charge in [-0.3, -0.25) is 4.79 Å². The van der Waals surface area contributed by atoms with Crippen LogP contribution in [0.15, 0.2) is 24.3 Å². The number of benzene rings is 1. The highest BCUT2D eigenvalue weighted by Gasteiger charge is 2.24. The molecule has 0 radical (unpaired) electrons. The first-order chi connectivity index (χ1) is 9.67. The molecule has 2 aromatic rings. The monoisotopic (exact) mass is 271 g/mol. The number of nitrogen functional groups attached to an aromatic ring is 1. The summed E-state index contributed by atoms with van der Waals surface area (Å²) in [4.78, 5) is 17.7. The molecule has 3 N–H and O–H groups in total. The lowest BCUT2D eigenvalue weighted by atomic mass is 9.85. The molecule has 1 amide bonds. The number of nitrogens with two attached hydrogens (primary N) is 1. The van der Waals surface area contributed by atoms with E-state index < -0.39 is 0 Å². The lowest BCUT2D eigenvalue weighted by Crippen LogP contribution is -2.37. The molecular formula is C16H21N3O. The van der Waals surface area contributed by atoms with Gasteiger partial charge in [0.05, 0.1) is 0 Å². The summed E-state index contributed by atoms with van der Waals surface area (Å²) in [5.41, 5.74) is 8.12. The Morgan fingerprint density at radius 2 is 2.20 bits per heavy atom. The predicted molar refractivity (Wildman–Crippen MR) is 81.6 cm³/mol. The van der Waals surface area contributed by atoms with Gasteiger partial charge in [0, 0.05) is 29.7 Å². The lowest BCUT2D eigenvalue weighted by Gasteiger charge is -2.31. The van der Waals surface area contributed by atoms with Crippen molar-refractivity contribution >= 4 is 22.5 Å². The van der Waals surface area contributed by atoms with Crippen molar-refractivity contribution in [1.82, 2.24) is 9.88 Å². The highest BCUT2D eigenvalue weighted by atomic mass is 16.2. The van der Waals surface area contributed by atoms with Crippen LogP contribution >= 0.6 is 0 Å². The third-order valence-electron chi connectivity index (χ3n) is 4.25. The number of carbonyl (C=O) groups is 1. The number of amides is 1. The molecule has 20 heavy (non-hydrogen) atoms. The molecule has 0 atom stereocenters. The van der Waals surface area contributed by atoms with Gasteiger partial charge in [-0.05, 0) is 49.9 Å². The third-order valence-corrected chi connectivity index (χ3v) is 4.25.